The van der Waals surface area contributed by atoms with Gasteiger partial charge in [-0.3, -0.25) is 4.98 Å². The van der Waals surface area contributed by atoms with E-state index < -0.39 is 0 Å². The van der Waals surface area contributed by atoms with Crippen LogP contribution in [0.3, 0.4) is 0 Å². The monoisotopic (exact) mass is 267 g/mol. The summed E-state index contributed by atoms with van der Waals surface area (Å²) in [4.78, 5) is 10.8. The van der Waals surface area contributed by atoms with Crippen molar-refractivity contribution in [2.75, 3.05) is 23.8 Å². The topological polar surface area (TPSA) is 64.8 Å². The third-order valence-corrected chi connectivity index (χ3v) is 2.93. The van der Waals surface area contributed by atoms with Crippen LogP contribution in [-0.4, -0.2) is 23.6 Å². The summed E-state index contributed by atoms with van der Waals surface area (Å²) in [5.74, 6) is 0.747. The first-order chi connectivity index (χ1) is 9.83. The van der Waals surface area contributed by atoms with Crippen molar-refractivity contribution in [3.05, 3.63) is 48.4 Å². The molecule has 0 radical (unpaired) electrons. The van der Waals surface area contributed by atoms with Crippen LogP contribution in [0.4, 0.5) is 11.5 Å². The summed E-state index contributed by atoms with van der Waals surface area (Å²) >= 11 is 0. The van der Waals surface area contributed by atoms with Crippen molar-refractivity contribution in [1.29, 1.82) is 5.26 Å². The first kappa shape index (κ1) is 13.8. The number of nitriles is 1. The van der Waals surface area contributed by atoms with Crippen molar-refractivity contribution in [1.82, 2.24) is 9.97 Å². The van der Waals surface area contributed by atoms with Crippen LogP contribution in [0.25, 0.3) is 0 Å². The molecule has 5 nitrogen and oxygen atoms in total. The molecular weight excluding hydrogens is 250 g/mol. The van der Waals surface area contributed by atoms with Crippen molar-refractivity contribution in [2.45, 2.75) is 13.0 Å². The van der Waals surface area contributed by atoms with Crippen LogP contribution in [0.1, 0.15) is 12.1 Å². The van der Waals surface area contributed by atoms with Gasteiger partial charge in [0, 0.05) is 19.3 Å². The molecule has 1 heterocycles. The molecule has 1 aromatic carbocycles. The Morgan fingerprint density at radius 2 is 2.00 bits per heavy atom. The maximum atomic E-state index is 8.78. The highest BCUT2D eigenvalue weighted by Crippen LogP contribution is 2.16. The maximum Gasteiger partial charge on any atom is 0.144 e. The lowest BCUT2D eigenvalue weighted by atomic mass is 10.2. The predicted octanol–water partition coefficient (Wildman–Crippen LogP) is 2.44. The number of anilines is 2. The van der Waals surface area contributed by atoms with E-state index in [1.807, 2.05) is 37.4 Å². The van der Waals surface area contributed by atoms with E-state index in [1.165, 1.54) is 0 Å². The highest BCUT2D eigenvalue weighted by atomic mass is 15.1. The standard InChI is InChI=1S/C15H17N5/c1-17-15-11-18-13(10-19-15)12-20(9-5-8-16)14-6-3-2-4-7-14/h2-4,6-7,10-11H,5,9,12H2,1H3,(H,17,19). The highest BCUT2D eigenvalue weighted by molar-refractivity contribution is 5.46. The summed E-state index contributed by atoms with van der Waals surface area (Å²) in [5, 5.41) is 11.7. The van der Waals surface area contributed by atoms with Crippen LogP contribution in [-0.2, 0) is 6.54 Å². The number of hydrogen-bond donors (Lipinski definition) is 1. The molecule has 102 valence electrons. The smallest absolute Gasteiger partial charge is 0.144 e. The molecule has 1 aromatic heterocycles. The Kier molecular flexibility index (Phi) is 4.90. The van der Waals surface area contributed by atoms with Gasteiger partial charge >= 0.3 is 0 Å². The SMILES string of the molecule is CNc1cnc(CN(CCC#N)c2ccccc2)cn1. The lowest BCUT2D eigenvalue weighted by Gasteiger charge is -2.23. The van der Waals surface area contributed by atoms with E-state index in [9.17, 15) is 0 Å². The lowest BCUT2D eigenvalue weighted by molar-refractivity contribution is 0.776. The van der Waals surface area contributed by atoms with Gasteiger partial charge in [-0.1, -0.05) is 18.2 Å². The van der Waals surface area contributed by atoms with Crippen LogP contribution in [0.5, 0.6) is 0 Å². The second-order valence-electron chi connectivity index (χ2n) is 4.31. The molecule has 0 bridgehead atoms. The minimum absolute atomic E-state index is 0.483. The van der Waals surface area contributed by atoms with Gasteiger partial charge in [0.1, 0.15) is 5.82 Å². The van der Waals surface area contributed by atoms with Crippen molar-refractivity contribution in [2.24, 2.45) is 0 Å². The Bertz CT molecular complexity index is 559. The summed E-state index contributed by atoms with van der Waals surface area (Å²) in [7, 11) is 1.81. The fourth-order valence-corrected chi connectivity index (χ4v) is 1.88. The molecule has 0 aliphatic heterocycles. The van der Waals surface area contributed by atoms with Crippen LogP contribution in [0.2, 0.25) is 0 Å². The molecule has 0 fully saturated rings. The van der Waals surface area contributed by atoms with Crippen LogP contribution in [0, 0.1) is 11.3 Å². The number of hydrogen-bond acceptors (Lipinski definition) is 5. The molecular formula is C15H17N5. The zero-order valence-electron chi connectivity index (χ0n) is 11.5. The molecule has 0 saturated carbocycles. The van der Waals surface area contributed by atoms with Gasteiger partial charge in [-0.15, -0.1) is 0 Å². The highest BCUT2D eigenvalue weighted by Gasteiger charge is 2.08. The van der Waals surface area contributed by atoms with Crippen molar-refractivity contribution in [3.63, 3.8) is 0 Å². The van der Waals surface area contributed by atoms with Gasteiger partial charge in [0.15, 0.2) is 0 Å². The van der Waals surface area contributed by atoms with Gasteiger partial charge in [-0.25, -0.2) is 4.98 Å². The molecule has 2 rings (SSSR count). The number of aromatic nitrogens is 2. The lowest BCUT2D eigenvalue weighted by Crippen LogP contribution is -2.24. The van der Waals surface area contributed by atoms with E-state index in [0.29, 0.717) is 19.5 Å². The van der Waals surface area contributed by atoms with Gasteiger partial charge in [-0.2, -0.15) is 5.26 Å². The zero-order chi connectivity index (χ0) is 14.2. The number of benzene rings is 1. The molecule has 0 spiro atoms. The Balaban J connectivity index is 2.13. The molecule has 0 amide bonds. The number of nitrogens with one attached hydrogen (secondary N) is 1. The number of nitrogens with zero attached hydrogens (tertiary/aromatic N) is 4. The molecule has 0 aliphatic carbocycles. The van der Waals surface area contributed by atoms with Gasteiger partial charge in [0.2, 0.25) is 0 Å². The third kappa shape index (κ3) is 3.69. The van der Waals surface area contributed by atoms with E-state index in [0.717, 1.165) is 17.2 Å². The summed E-state index contributed by atoms with van der Waals surface area (Å²) in [6.07, 6.45) is 3.95. The van der Waals surface area contributed by atoms with Crippen LogP contribution >= 0.6 is 0 Å². The fourth-order valence-electron chi connectivity index (χ4n) is 1.88. The van der Waals surface area contributed by atoms with Crippen molar-refractivity contribution in [3.8, 4) is 6.07 Å². The Labute approximate surface area is 118 Å². The maximum absolute atomic E-state index is 8.78. The normalized spacial score (nSPS) is 9.80. The summed E-state index contributed by atoms with van der Waals surface area (Å²) in [6, 6.07) is 12.2. The molecule has 0 atom stereocenters. The van der Waals surface area contributed by atoms with Crippen molar-refractivity contribution < 1.29 is 0 Å². The Morgan fingerprint density at radius 1 is 1.20 bits per heavy atom. The second-order valence-corrected chi connectivity index (χ2v) is 4.31. The van der Waals surface area contributed by atoms with Gasteiger partial charge < -0.3 is 10.2 Å². The summed E-state index contributed by atoms with van der Waals surface area (Å²) in [6.45, 7) is 1.32. The average Bonchev–Trinajstić information content (AvgIpc) is 2.53. The average molecular weight is 267 g/mol. The van der Waals surface area contributed by atoms with E-state index in [4.69, 9.17) is 5.26 Å². The third-order valence-electron chi connectivity index (χ3n) is 2.93. The van der Waals surface area contributed by atoms with Crippen LogP contribution < -0.4 is 10.2 Å². The minimum atomic E-state index is 0.483. The molecule has 0 aliphatic rings. The Morgan fingerprint density at radius 3 is 2.60 bits per heavy atom. The van der Waals surface area contributed by atoms with Gasteiger partial charge in [0.25, 0.3) is 0 Å². The quantitative estimate of drug-likeness (QED) is 0.870. The van der Waals surface area contributed by atoms with E-state index >= 15 is 0 Å². The summed E-state index contributed by atoms with van der Waals surface area (Å²) < 4.78 is 0. The molecule has 1 N–H and O–H groups in total. The number of rotatable bonds is 6. The van der Waals surface area contributed by atoms with Crippen LogP contribution in [0.15, 0.2) is 42.7 Å². The second kappa shape index (κ2) is 7.10. The predicted molar refractivity (Wildman–Crippen MR) is 79.3 cm³/mol. The largest absolute Gasteiger partial charge is 0.372 e. The van der Waals surface area contributed by atoms with Gasteiger partial charge in [0.05, 0.1) is 37.1 Å². The molecule has 2 aromatic rings. The molecule has 0 unspecified atom stereocenters. The number of para-hydroxylation sites is 1. The first-order valence-corrected chi connectivity index (χ1v) is 6.49. The van der Waals surface area contributed by atoms with E-state index in [2.05, 4.69) is 26.3 Å². The minimum Gasteiger partial charge on any atom is -0.372 e. The first-order valence-electron chi connectivity index (χ1n) is 6.49. The Hall–Kier alpha value is -2.61. The summed E-state index contributed by atoms with van der Waals surface area (Å²) in [5.41, 5.74) is 1.97. The fraction of sp³-hybridized carbons (Fsp3) is 0.267. The van der Waals surface area contributed by atoms with Gasteiger partial charge in [-0.05, 0) is 12.1 Å². The van der Waals surface area contributed by atoms with E-state index in [-0.39, 0.29) is 0 Å². The zero-order valence-corrected chi connectivity index (χ0v) is 11.5. The van der Waals surface area contributed by atoms with E-state index in [1.54, 1.807) is 12.4 Å². The van der Waals surface area contributed by atoms with Crippen molar-refractivity contribution >= 4 is 11.5 Å². The molecule has 0 saturated heterocycles. The molecule has 20 heavy (non-hydrogen) atoms. The molecule has 5 heteroatoms.